The van der Waals surface area contributed by atoms with E-state index in [0.29, 0.717) is 16.7 Å². The lowest BCUT2D eigenvalue weighted by Crippen LogP contribution is -2.45. The fourth-order valence-electron chi connectivity index (χ4n) is 4.10. The molecule has 1 aliphatic rings. The van der Waals surface area contributed by atoms with Gasteiger partial charge < -0.3 is 28.4 Å². The molecule has 4 atom stereocenters. The van der Waals surface area contributed by atoms with Crippen molar-refractivity contribution in [2.24, 2.45) is 0 Å². The summed E-state index contributed by atoms with van der Waals surface area (Å²) in [6.45, 7) is -0.281. The maximum Gasteiger partial charge on any atom is 0.338 e. The molecular weight excluding hydrogens is 492 g/mol. The lowest BCUT2D eigenvalue weighted by Gasteiger charge is -2.27. The molecule has 9 heteroatoms. The highest BCUT2D eigenvalue weighted by atomic mass is 16.7. The van der Waals surface area contributed by atoms with Gasteiger partial charge in [-0.25, -0.2) is 14.4 Å². The van der Waals surface area contributed by atoms with Crippen molar-refractivity contribution in [2.45, 2.75) is 30.7 Å². The standard InChI is InChI=1S/C29H28O9/c1-33-29(34-2)25-24(38-28(32)21-16-10-5-11-17-21)23(37-27(31)20-14-8-4-9-15-20)22(36-25)18-35-26(30)19-12-6-3-7-13-19/h3-17,22-25,29H,18H2,1-2H3/t22-,23-,24+,25+/m0/s1. The summed E-state index contributed by atoms with van der Waals surface area (Å²) >= 11 is 0. The number of rotatable bonds is 10. The van der Waals surface area contributed by atoms with Crippen LogP contribution in [0.2, 0.25) is 0 Å². The van der Waals surface area contributed by atoms with E-state index in [2.05, 4.69) is 0 Å². The van der Waals surface area contributed by atoms with Crippen molar-refractivity contribution < 1.29 is 42.8 Å². The molecule has 9 nitrogen and oxygen atoms in total. The first kappa shape index (κ1) is 27.0. The van der Waals surface area contributed by atoms with E-state index >= 15 is 0 Å². The number of carbonyl (C=O) groups is 3. The van der Waals surface area contributed by atoms with Crippen LogP contribution in [0.25, 0.3) is 0 Å². The third-order valence-electron chi connectivity index (χ3n) is 5.97. The van der Waals surface area contributed by atoms with E-state index in [0.717, 1.165) is 0 Å². The van der Waals surface area contributed by atoms with Crippen LogP contribution >= 0.6 is 0 Å². The summed E-state index contributed by atoms with van der Waals surface area (Å²) in [5.74, 6) is -1.90. The lowest BCUT2D eigenvalue weighted by molar-refractivity contribution is -0.194. The van der Waals surface area contributed by atoms with Crippen LogP contribution in [-0.2, 0) is 28.4 Å². The van der Waals surface area contributed by atoms with Crippen LogP contribution in [0.15, 0.2) is 91.0 Å². The van der Waals surface area contributed by atoms with Crippen molar-refractivity contribution in [3.05, 3.63) is 108 Å². The fraction of sp³-hybridized carbons (Fsp3) is 0.276. The van der Waals surface area contributed by atoms with Crippen LogP contribution in [0.3, 0.4) is 0 Å². The van der Waals surface area contributed by atoms with Crippen LogP contribution in [0.1, 0.15) is 31.1 Å². The maximum atomic E-state index is 13.0. The van der Waals surface area contributed by atoms with Gasteiger partial charge in [-0.05, 0) is 36.4 Å². The molecule has 0 aromatic heterocycles. The number of methoxy groups -OCH3 is 2. The molecule has 0 bridgehead atoms. The van der Waals surface area contributed by atoms with Gasteiger partial charge in [0.2, 0.25) is 0 Å². The quantitative estimate of drug-likeness (QED) is 0.225. The normalized spacial score (nSPS) is 20.6. The first-order valence-electron chi connectivity index (χ1n) is 12.0. The maximum absolute atomic E-state index is 13.0. The molecule has 4 rings (SSSR count). The average molecular weight is 521 g/mol. The zero-order valence-corrected chi connectivity index (χ0v) is 20.9. The van der Waals surface area contributed by atoms with Crippen LogP contribution in [0.5, 0.6) is 0 Å². The Hall–Kier alpha value is -4.05. The second kappa shape index (κ2) is 13.0. The molecule has 0 saturated carbocycles. The predicted molar refractivity (Wildman–Crippen MR) is 134 cm³/mol. The van der Waals surface area contributed by atoms with Gasteiger partial charge >= 0.3 is 17.9 Å². The molecule has 0 spiro atoms. The molecule has 3 aromatic carbocycles. The van der Waals surface area contributed by atoms with Gasteiger partial charge in [-0.1, -0.05) is 54.6 Å². The summed E-state index contributed by atoms with van der Waals surface area (Å²) < 4.78 is 34.0. The molecule has 0 aliphatic carbocycles. The molecule has 3 aromatic rings. The molecule has 1 aliphatic heterocycles. The average Bonchev–Trinajstić information content (AvgIpc) is 3.29. The van der Waals surface area contributed by atoms with Crippen molar-refractivity contribution in [3.8, 4) is 0 Å². The third kappa shape index (κ3) is 6.44. The number of esters is 3. The molecule has 1 saturated heterocycles. The minimum absolute atomic E-state index is 0.281. The van der Waals surface area contributed by atoms with Gasteiger partial charge in [-0.3, -0.25) is 0 Å². The summed E-state index contributed by atoms with van der Waals surface area (Å²) in [6.07, 6.45) is -5.23. The summed E-state index contributed by atoms with van der Waals surface area (Å²) in [6, 6.07) is 25.2. The number of carbonyl (C=O) groups excluding carboxylic acids is 3. The molecule has 0 amide bonds. The van der Waals surface area contributed by atoms with Gasteiger partial charge in [0, 0.05) is 14.2 Å². The van der Waals surface area contributed by atoms with Gasteiger partial charge in [0.05, 0.1) is 16.7 Å². The van der Waals surface area contributed by atoms with Crippen molar-refractivity contribution in [1.82, 2.24) is 0 Å². The van der Waals surface area contributed by atoms with Gasteiger partial charge in [0.25, 0.3) is 0 Å². The van der Waals surface area contributed by atoms with Crippen molar-refractivity contribution >= 4 is 17.9 Å². The zero-order valence-electron chi connectivity index (χ0n) is 20.9. The number of hydrogen-bond acceptors (Lipinski definition) is 9. The number of ether oxygens (including phenoxy) is 6. The Bertz CT molecular complexity index is 1200. The molecule has 1 fully saturated rings. The van der Waals surface area contributed by atoms with Crippen LogP contribution < -0.4 is 0 Å². The minimum Gasteiger partial charge on any atom is -0.459 e. The summed E-state index contributed by atoms with van der Waals surface area (Å²) in [4.78, 5) is 38.7. The van der Waals surface area contributed by atoms with Gasteiger partial charge in [-0.15, -0.1) is 0 Å². The van der Waals surface area contributed by atoms with E-state index in [9.17, 15) is 14.4 Å². The van der Waals surface area contributed by atoms with E-state index in [1.807, 2.05) is 0 Å². The summed E-state index contributed by atoms with van der Waals surface area (Å²) in [5.41, 5.74) is 0.933. The van der Waals surface area contributed by atoms with Crippen molar-refractivity contribution in [3.63, 3.8) is 0 Å². The Balaban J connectivity index is 1.61. The third-order valence-corrected chi connectivity index (χ3v) is 5.97. The molecule has 0 radical (unpaired) electrons. The van der Waals surface area contributed by atoms with E-state index in [4.69, 9.17) is 28.4 Å². The first-order valence-corrected chi connectivity index (χ1v) is 12.0. The van der Waals surface area contributed by atoms with E-state index in [1.165, 1.54) is 14.2 Å². The Morgan fingerprint density at radius 3 is 1.53 bits per heavy atom. The summed E-state index contributed by atoms with van der Waals surface area (Å²) in [5, 5.41) is 0. The second-order valence-electron chi connectivity index (χ2n) is 8.42. The lowest BCUT2D eigenvalue weighted by atomic mass is 10.1. The predicted octanol–water partition coefficient (Wildman–Crippen LogP) is 3.68. The zero-order chi connectivity index (χ0) is 26.9. The topological polar surface area (TPSA) is 107 Å². The molecule has 198 valence electrons. The van der Waals surface area contributed by atoms with Crippen molar-refractivity contribution in [1.29, 1.82) is 0 Å². The SMILES string of the molecule is COC(OC)[C@@H]1O[C@@H](COC(=O)c2ccccc2)[C@H](OC(=O)c2ccccc2)[C@H]1OC(=O)c1ccccc1. The van der Waals surface area contributed by atoms with Crippen molar-refractivity contribution in [2.75, 3.05) is 20.8 Å². The first-order chi connectivity index (χ1) is 18.5. The van der Waals surface area contributed by atoms with Gasteiger partial charge in [0.15, 0.2) is 18.5 Å². The Morgan fingerprint density at radius 2 is 1.08 bits per heavy atom. The Kier molecular flexibility index (Phi) is 9.21. The number of hydrogen-bond donors (Lipinski definition) is 0. The van der Waals surface area contributed by atoms with E-state index in [-0.39, 0.29) is 6.61 Å². The molecule has 0 N–H and O–H groups in total. The Morgan fingerprint density at radius 1 is 0.658 bits per heavy atom. The number of benzene rings is 3. The minimum atomic E-state index is -1.14. The van der Waals surface area contributed by atoms with E-state index < -0.39 is 48.6 Å². The summed E-state index contributed by atoms with van der Waals surface area (Å²) in [7, 11) is 2.81. The van der Waals surface area contributed by atoms with E-state index in [1.54, 1.807) is 91.0 Å². The largest absolute Gasteiger partial charge is 0.459 e. The highest BCUT2D eigenvalue weighted by molar-refractivity contribution is 5.91. The van der Waals surface area contributed by atoms with Gasteiger partial charge in [-0.2, -0.15) is 0 Å². The second-order valence-corrected chi connectivity index (χ2v) is 8.42. The van der Waals surface area contributed by atoms with Crippen LogP contribution in [-0.4, -0.2) is 69.4 Å². The Labute approximate surface area is 220 Å². The fourth-order valence-corrected chi connectivity index (χ4v) is 4.10. The van der Waals surface area contributed by atoms with Crippen LogP contribution in [0, 0.1) is 0 Å². The van der Waals surface area contributed by atoms with Crippen LogP contribution in [0.4, 0.5) is 0 Å². The highest BCUT2D eigenvalue weighted by Gasteiger charge is 2.53. The smallest absolute Gasteiger partial charge is 0.338 e. The molecule has 0 unspecified atom stereocenters. The monoisotopic (exact) mass is 520 g/mol. The molecule has 38 heavy (non-hydrogen) atoms. The highest BCUT2D eigenvalue weighted by Crippen LogP contribution is 2.32. The van der Waals surface area contributed by atoms with Gasteiger partial charge in [0.1, 0.15) is 18.8 Å². The molecule has 1 heterocycles. The molecular formula is C29H28O9.